The first-order valence-electron chi connectivity index (χ1n) is 8.59. The number of hydrogen-bond donors (Lipinski definition) is 1. The van der Waals surface area contributed by atoms with Gasteiger partial charge in [-0.3, -0.25) is 0 Å². The van der Waals surface area contributed by atoms with Crippen molar-refractivity contribution in [2.24, 2.45) is 17.8 Å². The van der Waals surface area contributed by atoms with Crippen molar-refractivity contribution in [1.29, 1.82) is 0 Å². The van der Waals surface area contributed by atoms with Gasteiger partial charge >= 0.3 is 0 Å². The van der Waals surface area contributed by atoms with Crippen molar-refractivity contribution in [3.8, 4) is 0 Å². The summed E-state index contributed by atoms with van der Waals surface area (Å²) in [5.74, 6) is 1.51. The van der Waals surface area contributed by atoms with Crippen LogP contribution in [-0.4, -0.2) is 10.7 Å². The van der Waals surface area contributed by atoms with Crippen LogP contribution in [0.25, 0.3) is 0 Å². The lowest BCUT2D eigenvalue weighted by molar-refractivity contribution is -0.0501. The predicted octanol–water partition coefficient (Wildman–Crippen LogP) is 4.82. The van der Waals surface area contributed by atoms with Crippen molar-refractivity contribution in [2.45, 2.75) is 69.8 Å². The summed E-state index contributed by atoms with van der Waals surface area (Å²) in [6.45, 7) is 0. The zero-order chi connectivity index (χ0) is 14.0. The Labute approximate surface area is 126 Å². The van der Waals surface area contributed by atoms with Crippen molar-refractivity contribution in [3.63, 3.8) is 0 Å². The maximum atomic E-state index is 11.5. The highest BCUT2D eigenvalue weighted by Crippen LogP contribution is 2.50. The van der Waals surface area contributed by atoms with Crippen molar-refractivity contribution in [2.75, 3.05) is 0 Å². The zero-order valence-electron chi connectivity index (χ0n) is 12.6. The van der Waals surface area contributed by atoms with Crippen LogP contribution in [0.15, 0.2) is 23.5 Å². The maximum absolute atomic E-state index is 11.5. The molecule has 1 N–H and O–H groups in total. The van der Waals surface area contributed by atoms with Crippen LogP contribution in [0.3, 0.4) is 0 Å². The molecule has 0 aromatic rings. The quantitative estimate of drug-likeness (QED) is 0.723. The van der Waals surface area contributed by atoms with E-state index in [1.54, 1.807) is 0 Å². The van der Waals surface area contributed by atoms with Gasteiger partial charge in [0, 0.05) is 5.92 Å². The summed E-state index contributed by atoms with van der Waals surface area (Å²) in [6, 6.07) is 0. The van der Waals surface area contributed by atoms with Gasteiger partial charge in [-0.1, -0.05) is 56.8 Å². The third-order valence-corrected chi connectivity index (χ3v) is 6.44. The summed E-state index contributed by atoms with van der Waals surface area (Å²) in [7, 11) is 2.93. The van der Waals surface area contributed by atoms with Gasteiger partial charge in [-0.25, -0.2) is 0 Å². The molecule has 0 aliphatic heterocycles. The molecule has 3 unspecified atom stereocenters. The highest BCUT2D eigenvalue weighted by Gasteiger charge is 2.47. The van der Waals surface area contributed by atoms with E-state index in [1.807, 2.05) is 0 Å². The molecule has 0 saturated heterocycles. The second-order valence-electron chi connectivity index (χ2n) is 7.12. The molecule has 0 bridgehead atoms. The van der Waals surface area contributed by atoms with Crippen LogP contribution in [0.4, 0.5) is 0 Å². The van der Waals surface area contributed by atoms with E-state index in [-0.39, 0.29) is 0 Å². The summed E-state index contributed by atoms with van der Waals surface area (Å²) < 4.78 is 0. The Morgan fingerprint density at radius 3 is 2.20 bits per heavy atom. The molecule has 0 aromatic heterocycles. The Morgan fingerprint density at radius 2 is 1.55 bits per heavy atom. The van der Waals surface area contributed by atoms with Gasteiger partial charge in [-0.15, -0.1) is 9.24 Å². The first kappa shape index (κ1) is 14.8. The Morgan fingerprint density at radius 1 is 0.950 bits per heavy atom. The monoisotopic (exact) mass is 292 g/mol. The van der Waals surface area contributed by atoms with E-state index in [4.69, 9.17) is 0 Å². The molecule has 3 rings (SSSR count). The standard InChI is InChI=1S/C18H29OP/c19-18(15-10-5-2-6-11-15)13-7-12-16(20)17(18)14-8-3-1-4-9-14/h7,12-15,17,19H,1-6,8-11,20H2. The minimum atomic E-state index is -0.575. The fraction of sp³-hybridized carbons (Fsp3) is 0.778. The molecule has 3 atom stereocenters. The lowest BCUT2D eigenvalue weighted by Crippen LogP contribution is -2.48. The smallest absolute Gasteiger partial charge is 0.0929 e. The normalized spacial score (nSPS) is 36.9. The fourth-order valence-corrected chi connectivity index (χ4v) is 5.51. The van der Waals surface area contributed by atoms with Gasteiger partial charge < -0.3 is 5.11 Å². The molecule has 1 nitrogen and oxygen atoms in total. The average Bonchev–Trinajstić information content (AvgIpc) is 2.49. The van der Waals surface area contributed by atoms with E-state index in [2.05, 4.69) is 27.5 Å². The molecule has 0 radical (unpaired) electrons. The van der Waals surface area contributed by atoms with Crippen LogP contribution in [-0.2, 0) is 0 Å². The minimum Gasteiger partial charge on any atom is -0.385 e. The highest BCUT2D eigenvalue weighted by atomic mass is 31.0. The van der Waals surface area contributed by atoms with Crippen LogP contribution in [0, 0.1) is 17.8 Å². The fourth-order valence-electron chi connectivity index (χ4n) is 4.86. The van der Waals surface area contributed by atoms with Crippen LogP contribution in [0.2, 0.25) is 0 Å². The first-order valence-corrected chi connectivity index (χ1v) is 9.17. The molecular formula is C18H29OP. The van der Waals surface area contributed by atoms with Crippen LogP contribution >= 0.6 is 9.24 Å². The van der Waals surface area contributed by atoms with Crippen molar-refractivity contribution in [1.82, 2.24) is 0 Å². The summed E-state index contributed by atoms with van der Waals surface area (Å²) in [6.07, 6.45) is 19.5. The second-order valence-corrected chi connectivity index (χ2v) is 7.79. The molecule has 2 saturated carbocycles. The topological polar surface area (TPSA) is 20.2 Å². The number of allylic oxidation sites excluding steroid dienone is 2. The molecule has 0 heterocycles. The van der Waals surface area contributed by atoms with Gasteiger partial charge in [0.2, 0.25) is 0 Å². The van der Waals surface area contributed by atoms with Crippen LogP contribution < -0.4 is 0 Å². The third-order valence-electron chi connectivity index (χ3n) is 5.89. The third kappa shape index (κ3) is 2.77. The van der Waals surface area contributed by atoms with Gasteiger partial charge in [0.15, 0.2) is 0 Å². The highest BCUT2D eigenvalue weighted by molar-refractivity contribution is 7.22. The van der Waals surface area contributed by atoms with Gasteiger partial charge in [0.1, 0.15) is 0 Å². The van der Waals surface area contributed by atoms with E-state index in [0.29, 0.717) is 17.8 Å². The summed E-state index contributed by atoms with van der Waals surface area (Å²) in [5, 5.41) is 12.9. The molecule has 2 heteroatoms. The number of rotatable bonds is 2. The molecule has 2 fully saturated rings. The second kappa shape index (κ2) is 6.32. The lowest BCUT2D eigenvalue weighted by Gasteiger charge is -2.48. The van der Waals surface area contributed by atoms with Crippen molar-refractivity contribution >= 4 is 9.24 Å². The molecule has 112 valence electrons. The van der Waals surface area contributed by atoms with Crippen LogP contribution in [0.1, 0.15) is 64.2 Å². The maximum Gasteiger partial charge on any atom is 0.0929 e. The van der Waals surface area contributed by atoms with Crippen molar-refractivity contribution < 1.29 is 5.11 Å². The molecular weight excluding hydrogens is 263 g/mol. The van der Waals surface area contributed by atoms with E-state index in [1.165, 1.54) is 69.5 Å². The van der Waals surface area contributed by atoms with Crippen LogP contribution in [0.5, 0.6) is 0 Å². The predicted molar refractivity (Wildman–Crippen MR) is 88.5 cm³/mol. The summed E-state index contributed by atoms with van der Waals surface area (Å²) >= 11 is 0. The van der Waals surface area contributed by atoms with Gasteiger partial charge in [-0.2, -0.15) is 0 Å². The SMILES string of the molecule is OC1(C2CCCCC2)C=CC=C(P)C1C1CCCCC1. The first-order chi connectivity index (χ1) is 9.72. The molecule has 3 aliphatic carbocycles. The Hall–Kier alpha value is -0.130. The number of aliphatic hydroxyl groups is 1. The molecule has 0 aromatic carbocycles. The summed E-state index contributed by atoms with van der Waals surface area (Å²) in [5.41, 5.74) is -0.575. The van der Waals surface area contributed by atoms with E-state index in [0.717, 1.165) is 0 Å². The van der Waals surface area contributed by atoms with Gasteiger partial charge in [0.25, 0.3) is 0 Å². The number of hydrogen-bond acceptors (Lipinski definition) is 1. The Balaban J connectivity index is 1.85. The molecule has 20 heavy (non-hydrogen) atoms. The largest absolute Gasteiger partial charge is 0.385 e. The Bertz CT molecular complexity index is 388. The van der Waals surface area contributed by atoms with E-state index < -0.39 is 5.60 Å². The Kier molecular flexibility index (Phi) is 4.68. The van der Waals surface area contributed by atoms with Gasteiger partial charge in [-0.05, 0) is 42.8 Å². The minimum absolute atomic E-state index is 0.348. The average molecular weight is 292 g/mol. The zero-order valence-corrected chi connectivity index (χ0v) is 13.7. The van der Waals surface area contributed by atoms with Crippen molar-refractivity contribution in [3.05, 3.63) is 23.5 Å². The van der Waals surface area contributed by atoms with Gasteiger partial charge in [0.05, 0.1) is 5.60 Å². The molecule has 0 spiro atoms. The lowest BCUT2D eigenvalue weighted by atomic mass is 9.63. The van der Waals surface area contributed by atoms with E-state index in [9.17, 15) is 5.11 Å². The molecule has 0 amide bonds. The molecule has 3 aliphatic rings. The summed E-state index contributed by atoms with van der Waals surface area (Å²) in [4.78, 5) is 0. The van der Waals surface area contributed by atoms with E-state index >= 15 is 0 Å².